The van der Waals surface area contributed by atoms with Gasteiger partial charge in [0.25, 0.3) is 5.91 Å². The molecule has 0 spiro atoms. The minimum atomic E-state index is -0.211. The van der Waals surface area contributed by atoms with Gasteiger partial charge in [-0.1, -0.05) is 28.1 Å². The van der Waals surface area contributed by atoms with Crippen LogP contribution in [0.25, 0.3) is 0 Å². The minimum Gasteiger partial charge on any atom is -0.326 e. The van der Waals surface area contributed by atoms with E-state index in [0.29, 0.717) is 18.1 Å². The van der Waals surface area contributed by atoms with Crippen LogP contribution >= 0.6 is 15.9 Å². The van der Waals surface area contributed by atoms with Crippen LogP contribution in [0.4, 0.5) is 5.69 Å². The van der Waals surface area contributed by atoms with Gasteiger partial charge in [0.15, 0.2) is 0 Å². The van der Waals surface area contributed by atoms with Gasteiger partial charge in [0.05, 0.1) is 6.54 Å². The fourth-order valence-electron chi connectivity index (χ4n) is 2.50. The number of pyridine rings is 1. The van der Waals surface area contributed by atoms with E-state index in [0.717, 1.165) is 26.9 Å². The van der Waals surface area contributed by atoms with Crippen LogP contribution in [0.5, 0.6) is 0 Å². The Labute approximate surface area is 173 Å². The van der Waals surface area contributed by atoms with Crippen LogP contribution in [-0.2, 0) is 6.54 Å². The lowest BCUT2D eigenvalue weighted by molar-refractivity contribution is 0.0977. The molecule has 0 aliphatic rings. The Morgan fingerprint density at radius 1 is 1.07 bits per heavy atom. The first-order chi connectivity index (χ1) is 13.5. The van der Waals surface area contributed by atoms with E-state index >= 15 is 0 Å². The molecule has 0 fully saturated rings. The maximum atomic E-state index is 12.7. The minimum absolute atomic E-state index is 0.211. The number of hydrogen-bond acceptors (Lipinski definition) is 3. The molecule has 5 nitrogen and oxygen atoms in total. The molecule has 0 unspecified atom stereocenters. The number of amides is 1. The van der Waals surface area contributed by atoms with Crippen LogP contribution < -0.4 is 10.6 Å². The van der Waals surface area contributed by atoms with Crippen molar-refractivity contribution in [3.05, 3.63) is 93.7 Å². The molecule has 0 saturated carbocycles. The van der Waals surface area contributed by atoms with Gasteiger partial charge in [-0.3, -0.25) is 15.1 Å². The molecule has 1 aromatic heterocycles. The van der Waals surface area contributed by atoms with E-state index in [2.05, 4.69) is 36.5 Å². The molecule has 142 valence electrons. The molecule has 6 heteroatoms. The fourth-order valence-corrected chi connectivity index (χ4v) is 2.77. The molecule has 1 heterocycles. The van der Waals surface area contributed by atoms with Crippen molar-refractivity contribution in [2.45, 2.75) is 20.4 Å². The largest absolute Gasteiger partial charge is 0.326 e. The Morgan fingerprint density at radius 3 is 2.54 bits per heavy atom. The Kier molecular flexibility index (Phi) is 6.55. The van der Waals surface area contributed by atoms with E-state index in [1.807, 2.05) is 68.4 Å². The summed E-state index contributed by atoms with van der Waals surface area (Å²) in [6, 6.07) is 17.1. The number of anilines is 1. The van der Waals surface area contributed by atoms with Crippen molar-refractivity contribution in [2.24, 2.45) is 4.99 Å². The fraction of sp³-hybridized carbons (Fsp3) is 0.136. The van der Waals surface area contributed by atoms with Crippen molar-refractivity contribution in [3.8, 4) is 0 Å². The maximum absolute atomic E-state index is 12.7. The summed E-state index contributed by atoms with van der Waals surface area (Å²) in [6.07, 6.45) is 3.47. The monoisotopic (exact) mass is 436 g/mol. The SMILES string of the molecule is Cc1ccc(C(=O)NC(=NCc2cccnc2)Nc2ccc(Br)cc2)cc1C. The second-order valence-corrected chi connectivity index (χ2v) is 7.33. The third-order valence-corrected chi connectivity index (χ3v) is 4.78. The number of carbonyl (C=O) groups is 1. The second kappa shape index (κ2) is 9.28. The van der Waals surface area contributed by atoms with Crippen molar-refractivity contribution in [1.82, 2.24) is 10.3 Å². The Hall–Kier alpha value is -2.99. The lowest BCUT2D eigenvalue weighted by Crippen LogP contribution is -2.36. The second-order valence-electron chi connectivity index (χ2n) is 6.41. The van der Waals surface area contributed by atoms with Gasteiger partial charge in [-0.2, -0.15) is 0 Å². The highest BCUT2D eigenvalue weighted by atomic mass is 79.9. The summed E-state index contributed by atoms with van der Waals surface area (Å²) < 4.78 is 0.978. The average Bonchev–Trinajstić information content (AvgIpc) is 2.70. The molecule has 3 aromatic rings. The number of nitrogens with one attached hydrogen (secondary N) is 2. The highest BCUT2D eigenvalue weighted by Gasteiger charge is 2.10. The zero-order chi connectivity index (χ0) is 19.9. The van der Waals surface area contributed by atoms with Crippen LogP contribution in [0.1, 0.15) is 27.0 Å². The van der Waals surface area contributed by atoms with E-state index in [9.17, 15) is 4.79 Å². The summed E-state index contributed by atoms with van der Waals surface area (Å²) in [4.78, 5) is 21.4. The number of benzene rings is 2. The first-order valence-electron chi connectivity index (χ1n) is 8.86. The zero-order valence-electron chi connectivity index (χ0n) is 15.7. The van der Waals surface area contributed by atoms with Crippen LogP contribution in [0.15, 0.2) is 76.5 Å². The molecule has 3 rings (SSSR count). The average molecular weight is 437 g/mol. The van der Waals surface area contributed by atoms with Crippen molar-refractivity contribution in [2.75, 3.05) is 5.32 Å². The highest BCUT2D eigenvalue weighted by Crippen LogP contribution is 2.14. The molecule has 0 aliphatic carbocycles. The number of aromatic nitrogens is 1. The molecule has 0 radical (unpaired) electrons. The summed E-state index contributed by atoms with van der Waals surface area (Å²) in [6.45, 7) is 4.41. The Morgan fingerprint density at radius 2 is 1.86 bits per heavy atom. The van der Waals surface area contributed by atoms with Gasteiger partial charge < -0.3 is 5.32 Å². The predicted octanol–water partition coefficient (Wildman–Crippen LogP) is 4.86. The van der Waals surface area contributed by atoms with Gasteiger partial charge in [-0.25, -0.2) is 4.99 Å². The molecule has 0 bridgehead atoms. The van der Waals surface area contributed by atoms with Gasteiger partial charge in [0.1, 0.15) is 0 Å². The normalized spacial score (nSPS) is 11.2. The van der Waals surface area contributed by atoms with Gasteiger partial charge in [-0.15, -0.1) is 0 Å². The number of aliphatic imine (C=N–C) groups is 1. The summed E-state index contributed by atoms with van der Waals surface area (Å²) in [5.41, 5.74) is 4.60. The quantitative estimate of drug-likeness (QED) is 0.453. The first kappa shape index (κ1) is 19.8. The molecule has 2 aromatic carbocycles. The Bertz CT molecular complexity index is 985. The van der Waals surface area contributed by atoms with Crippen molar-refractivity contribution >= 4 is 33.5 Å². The van der Waals surface area contributed by atoms with Gasteiger partial charge in [0, 0.05) is 28.1 Å². The molecule has 1 amide bonds. The molecule has 0 saturated heterocycles. The van der Waals surface area contributed by atoms with Crippen molar-refractivity contribution in [3.63, 3.8) is 0 Å². The molecule has 28 heavy (non-hydrogen) atoms. The number of aryl methyl sites for hydroxylation is 2. The predicted molar refractivity (Wildman–Crippen MR) is 117 cm³/mol. The maximum Gasteiger partial charge on any atom is 0.257 e. The lowest BCUT2D eigenvalue weighted by atomic mass is 10.1. The summed E-state index contributed by atoms with van der Waals surface area (Å²) >= 11 is 3.42. The number of hydrogen-bond donors (Lipinski definition) is 2. The number of rotatable bonds is 4. The van der Waals surface area contributed by atoms with E-state index in [1.54, 1.807) is 12.4 Å². The lowest BCUT2D eigenvalue weighted by Gasteiger charge is -2.13. The third-order valence-electron chi connectivity index (χ3n) is 4.25. The zero-order valence-corrected chi connectivity index (χ0v) is 17.3. The molecular formula is C22H21BrN4O. The topological polar surface area (TPSA) is 66.4 Å². The summed E-state index contributed by atoms with van der Waals surface area (Å²) in [5, 5.41) is 6.06. The van der Waals surface area contributed by atoms with E-state index < -0.39 is 0 Å². The molecule has 0 aliphatic heterocycles. The van der Waals surface area contributed by atoms with Gasteiger partial charge >= 0.3 is 0 Å². The smallest absolute Gasteiger partial charge is 0.257 e. The molecule has 0 atom stereocenters. The van der Waals surface area contributed by atoms with Crippen LogP contribution in [0.2, 0.25) is 0 Å². The molecule has 2 N–H and O–H groups in total. The van der Waals surface area contributed by atoms with Gasteiger partial charge in [-0.05, 0) is 73.0 Å². The number of guanidine groups is 1. The number of halogens is 1. The number of carbonyl (C=O) groups excluding carboxylic acids is 1. The summed E-state index contributed by atoms with van der Waals surface area (Å²) in [5.74, 6) is 0.173. The Balaban J connectivity index is 1.80. The first-order valence-corrected chi connectivity index (χ1v) is 9.65. The van der Waals surface area contributed by atoms with Crippen LogP contribution in [0.3, 0.4) is 0 Å². The standard InChI is InChI=1S/C22H21BrN4O/c1-15-5-6-18(12-16(15)2)21(28)27-22(25-14-17-4-3-11-24-13-17)26-20-9-7-19(23)8-10-20/h3-13H,14H2,1-2H3,(H2,25,26,27,28). The van der Waals surface area contributed by atoms with E-state index in [4.69, 9.17) is 0 Å². The van der Waals surface area contributed by atoms with E-state index in [-0.39, 0.29) is 5.91 Å². The van der Waals surface area contributed by atoms with E-state index in [1.165, 1.54) is 0 Å². The highest BCUT2D eigenvalue weighted by molar-refractivity contribution is 9.10. The van der Waals surface area contributed by atoms with Crippen LogP contribution in [0, 0.1) is 13.8 Å². The van der Waals surface area contributed by atoms with Crippen LogP contribution in [-0.4, -0.2) is 16.9 Å². The van der Waals surface area contributed by atoms with Gasteiger partial charge in [0.2, 0.25) is 5.96 Å². The van der Waals surface area contributed by atoms with Crippen molar-refractivity contribution in [1.29, 1.82) is 0 Å². The van der Waals surface area contributed by atoms with Crippen molar-refractivity contribution < 1.29 is 4.79 Å². The third kappa shape index (κ3) is 5.50. The summed E-state index contributed by atoms with van der Waals surface area (Å²) in [7, 11) is 0. The number of nitrogens with zero attached hydrogens (tertiary/aromatic N) is 2. The molecular weight excluding hydrogens is 416 g/mol.